The standard InChI is InChI=1S/C16H13F5O/c1-2-9-3-5-10(6-4-9)15(22)11-7-8-12(16(19,20)21)14(18)13(11)17/h3-8,15,22H,2H2,1H3. The summed E-state index contributed by atoms with van der Waals surface area (Å²) in [6.07, 6.45) is -5.76. The van der Waals surface area contributed by atoms with Crippen LogP contribution in [0.1, 0.15) is 35.3 Å². The molecule has 0 radical (unpaired) electrons. The third-order valence-electron chi connectivity index (χ3n) is 3.42. The normalized spacial score (nSPS) is 13.2. The second-order valence-electron chi connectivity index (χ2n) is 4.83. The lowest BCUT2D eigenvalue weighted by molar-refractivity contribution is -0.140. The fourth-order valence-electron chi connectivity index (χ4n) is 2.11. The average Bonchev–Trinajstić information content (AvgIpc) is 2.48. The molecule has 6 heteroatoms. The summed E-state index contributed by atoms with van der Waals surface area (Å²) < 4.78 is 64.9. The Morgan fingerprint density at radius 3 is 2.05 bits per heavy atom. The van der Waals surface area contributed by atoms with Crippen molar-refractivity contribution in [1.29, 1.82) is 0 Å². The van der Waals surface area contributed by atoms with E-state index in [-0.39, 0.29) is 5.56 Å². The summed E-state index contributed by atoms with van der Waals surface area (Å²) >= 11 is 0. The Bertz CT molecular complexity index is 661. The number of hydrogen-bond acceptors (Lipinski definition) is 1. The number of aliphatic hydroxyl groups is 1. The summed E-state index contributed by atoms with van der Waals surface area (Å²) in [5, 5.41) is 10.1. The van der Waals surface area contributed by atoms with Crippen molar-refractivity contribution in [3.05, 3.63) is 70.3 Å². The maximum absolute atomic E-state index is 13.8. The lowest BCUT2D eigenvalue weighted by Crippen LogP contribution is -2.12. The molecule has 0 bridgehead atoms. The Balaban J connectivity index is 2.41. The van der Waals surface area contributed by atoms with E-state index in [1.54, 1.807) is 12.1 Å². The molecule has 1 unspecified atom stereocenters. The molecule has 0 saturated heterocycles. The molecule has 0 amide bonds. The highest BCUT2D eigenvalue weighted by molar-refractivity contribution is 5.36. The first-order valence-corrected chi connectivity index (χ1v) is 6.57. The van der Waals surface area contributed by atoms with Gasteiger partial charge >= 0.3 is 6.18 Å². The van der Waals surface area contributed by atoms with Crippen LogP contribution in [-0.4, -0.2) is 5.11 Å². The molecule has 0 fully saturated rings. The van der Waals surface area contributed by atoms with Crippen LogP contribution in [0, 0.1) is 11.6 Å². The average molecular weight is 316 g/mol. The van der Waals surface area contributed by atoms with Crippen LogP contribution in [0.5, 0.6) is 0 Å². The second-order valence-corrected chi connectivity index (χ2v) is 4.83. The Morgan fingerprint density at radius 1 is 0.955 bits per heavy atom. The van der Waals surface area contributed by atoms with E-state index in [4.69, 9.17) is 0 Å². The molecule has 0 aliphatic rings. The van der Waals surface area contributed by atoms with Crippen molar-refractivity contribution in [2.45, 2.75) is 25.6 Å². The van der Waals surface area contributed by atoms with Crippen LogP contribution < -0.4 is 0 Å². The summed E-state index contributed by atoms with van der Waals surface area (Å²) in [6, 6.07) is 7.64. The van der Waals surface area contributed by atoms with E-state index < -0.39 is 35.0 Å². The first kappa shape index (κ1) is 16.4. The van der Waals surface area contributed by atoms with E-state index in [1.807, 2.05) is 6.92 Å². The molecule has 0 aliphatic heterocycles. The molecule has 2 aromatic rings. The van der Waals surface area contributed by atoms with Gasteiger partial charge in [0.15, 0.2) is 11.6 Å². The van der Waals surface area contributed by atoms with Crippen LogP contribution >= 0.6 is 0 Å². The zero-order chi connectivity index (χ0) is 16.5. The monoisotopic (exact) mass is 316 g/mol. The maximum atomic E-state index is 13.8. The third kappa shape index (κ3) is 3.11. The largest absolute Gasteiger partial charge is 0.419 e. The Labute approximate surface area is 124 Å². The minimum absolute atomic E-state index is 0.273. The molecule has 2 aromatic carbocycles. The van der Waals surface area contributed by atoms with Crippen molar-refractivity contribution < 1.29 is 27.1 Å². The van der Waals surface area contributed by atoms with E-state index in [2.05, 4.69) is 0 Å². The highest BCUT2D eigenvalue weighted by Crippen LogP contribution is 2.35. The molecule has 1 atom stereocenters. The molecular formula is C16H13F5O. The third-order valence-corrected chi connectivity index (χ3v) is 3.42. The van der Waals surface area contributed by atoms with Gasteiger partial charge in [0.2, 0.25) is 0 Å². The fourth-order valence-corrected chi connectivity index (χ4v) is 2.11. The highest BCUT2D eigenvalue weighted by atomic mass is 19.4. The smallest absolute Gasteiger partial charge is 0.384 e. The summed E-state index contributed by atoms with van der Waals surface area (Å²) in [5.74, 6) is -3.70. The van der Waals surface area contributed by atoms with Gasteiger partial charge in [0.25, 0.3) is 0 Å². The van der Waals surface area contributed by atoms with E-state index in [0.29, 0.717) is 6.07 Å². The molecular weight excluding hydrogens is 303 g/mol. The zero-order valence-electron chi connectivity index (χ0n) is 11.6. The summed E-state index contributed by atoms with van der Waals surface area (Å²) in [6.45, 7) is 1.93. The number of aliphatic hydroxyl groups excluding tert-OH is 1. The molecule has 0 saturated carbocycles. The Morgan fingerprint density at radius 2 is 1.55 bits per heavy atom. The predicted octanol–water partition coefficient (Wildman–Crippen LogP) is 4.63. The molecule has 0 spiro atoms. The van der Waals surface area contributed by atoms with Gasteiger partial charge in [0, 0.05) is 5.56 Å². The van der Waals surface area contributed by atoms with Crippen LogP contribution in [0.15, 0.2) is 36.4 Å². The molecule has 22 heavy (non-hydrogen) atoms. The number of rotatable bonds is 3. The minimum Gasteiger partial charge on any atom is -0.384 e. The van der Waals surface area contributed by atoms with Crippen molar-refractivity contribution in [3.8, 4) is 0 Å². The number of alkyl halides is 3. The van der Waals surface area contributed by atoms with E-state index in [9.17, 15) is 27.1 Å². The van der Waals surface area contributed by atoms with Gasteiger partial charge in [-0.2, -0.15) is 13.2 Å². The molecule has 118 valence electrons. The lowest BCUT2D eigenvalue weighted by atomic mass is 9.98. The minimum atomic E-state index is -4.99. The summed E-state index contributed by atoms with van der Waals surface area (Å²) in [4.78, 5) is 0. The van der Waals surface area contributed by atoms with Crippen LogP contribution in [0.2, 0.25) is 0 Å². The summed E-state index contributed by atoms with van der Waals surface area (Å²) in [7, 11) is 0. The van der Waals surface area contributed by atoms with Crippen molar-refractivity contribution in [3.63, 3.8) is 0 Å². The Kier molecular flexibility index (Phi) is 4.51. The Hall–Kier alpha value is -1.95. The van der Waals surface area contributed by atoms with Crippen molar-refractivity contribution in [1.82, 2.24) is 0 Å². The molecule has 2 rings (SSSR count). The van der Waals surface area contributed by atoms with E-state index in [0.717, 1.165) is 18.1 Å². The SMILES string of the molecule is CCc1ccc(C(O)c2ccc(C(F)(F)F)c(F)c2F)cc1. The second kappa shape index (κ2) is 6.04. The van der Waals surface area contributed by atoms with Gasteiger partial charge in [-0.25, -0.2) is 8.78 Å². The van der Waals surface area contributed by atoms with Gasteiger partial charge in [-0.15, -0.1) is 0 Å². The van der Waals surface area contributed by atoms with Crippen molar-refractivity contribution in [2.75, 3.05) is 0 Å². The highest BCUT2D eigenvalue weighted by Gasteiger charge is 2.36. The van der Waals surface area contributed by atoms with Crippen molar-refractivity contribution >= 4 is 0 Å². The van der Waals surface area contributed by atoms with Crippen LogP contribution in [0.3, 0.4) is 0 Å². The number of halogens is 5. The topological polar surface area (TPSA) is 20.2 Å². The van der Waals surface area contributed by atoms with Gasteiger partial charge in [-0.1, -0.05) is 37.3 Å². The molecule has 1 nitrogen and oxygen atoms in total. The quantitative estimate of drug-likeness (QED) is 0.819. The van der Waals surface area contributed by atoms with Crippen molar-refractivity contribution in [2.24, 2.45) is 0 Å². The van der Waals surface area contributed by atoms with E-state index in [1.165, 1.54) is 12.1 Å². The fraction of sp³-hybridized carbons (Fsp3) is 0.250. The van der Waals surface area contributed by atoms with Crippen LogP contribution in [-0.2, 0) is 12.6 Å². The maximum Gasteiger partial charge on any atom is 0.419 e. The zero-order valence-corrected chi connectivity index (χ0v) is 11.6. The number of aryl methyl sites for hydroxylation is 1. The lowest BCUT2D eigenvalue weighted by Gasteiger charge is -2.16. The molecule has 0 aliphatic carbocycles. The van der Waals surface area contributed by atoms with Crippen LogP contribution in [0.4, 0.5) is 22.0 Å². The first-order valence-electron chi connectivity index (χ1n) is 6.57. The molecule has 0 aromatic heterocycles. The molecule has 0 heterocycles. The molecule has 1 N–H and O–H groups in total. The summed E-state index contributed by atoms with van der Waals surface area (Å²) in [5.41, 5.74) is -0.970. The van der Waals surface area contributed by atoms with Gasteiger partial charge < -0.3 is 5.11 Å². The predicted molar refractivity (Wildman–Crippen MR) is 71.2 cm³/mol. The van der Waals surface area contributed by atoms with Gasteiger partial charge in [-0.3, -0.25) is 0 Å². The first-order chi connectivity index (χ1) is 10.3. The van der Waals surface area contributed by atoms with Gasteiger partial charge in [0.05, 0.1) is 5.56 Å². The van der Waals surface area contributed by atoms with Gasteiger partial charge in [0.1, 0.15) is 6.10 Å². The number of hydrogen-bond donors (Lipinski definition) is 1. The van der Waals surface area contributed by atoms with Crippen LogP contribution in [0.25, 0.3) is 0 Å². The van der Waals surface area contributed by atoms with E-state index >= 15 is 0 Å². The van der Waals surface area contributed by atoms with Gasteiger partial charge in [-0.05, 0) is 23.6 Å². The number of benzene rings is 2.